The lowest BCUT2D eigenvalue weighted by Gasteiger charge is -2.17. The maximum Gasteiger partial charge on any atom is 0.326 e. The van der Waals surface area contributed by atoms with Crippen LogP contribution in [0, 0.1) is 0 Å². The van der Waals surface area contributed by atoms with Crippen molar-refractivity contribution >= 4 is 5.97 Å². The number of hydrogen-bond donors (Lipinski definition) is 4. The lowest BCUT2D eigenvalue weighted by molar-refractivity contribution is -0.148. The molecule has 12 heavy (non-hydrogen) atoms. The molecular formula is C6H11NO5. The van der Waals surface area contributed by atoms with E-state index in [-0.39, 0.29) is 0 Å². The average Bonchev–Trinajstić information content (AvgIpc) is 2.32. The van der Waals surface area contributed by atoms with Crippen molar-refractivity contribution < 1.29 is 24.9 Å². The van der Waals surface area contributed by atoms with E-state index in [1.54, 1.807) is 0 Å². The van der Waals surface area contributed by atoms with E-state index in [9.17, 15) is 9.90 Å². The van der Waals surface area contributed by atoms with Gasteiger partial charge in [0.25, 0.3) is 0 Å². The van der Waals surface area contributed by atoms with Crippen molar-refractivity contribution in [3.8, 4) is 0 Å². The average molecular weight is 177 g/mol. The van der Waals surface area contributed by atoms with E-state index in [0.29, 0.717) is 0 Å². The standard InChI is InChI=1S/C6H11NO5/c7-3-4(10)5(2(9)1-8)12-6(3)11/h2-5,8-10H,1,7H2/t2-,3+,4-,5-/m1/s1. The molecule has 6 heteroatoms. The zero-order chi connectivity index (χ0) is 9.30. The van der Waals surface area contributed by atoms with Gasteiger partial charge in [-0.25, -0.2) is 0 Å². The third-order valence-corrected chi connectivity index (χ3v) is 1.80. The molecule has 1 aliphatic heterocycles. The first-order valence-corrected chi connectivity index (χ1v) is 3.51. The third kappa shape index (κ3) is 1.42. The molecule has 0 unspecified atom stereocenters. The highest BCUT2D eigenvalue weighted by Gasteiger charge is 2.44. The summed E-state index contributed by atoms with van der Waals surface area (Å²) in [5.41, 5.74) is 5.19. The number of aliphatic hydroxyl groups is 3. The lowest BCUT2D eigenvalue weighted by atomic mass is 10.1. The molecule has 0 spiro atoms. The Balaban J connectivity index is 2.64. The predicted octanol–water partition coefficient (Wildman–Crippen LogP) is -3.05. The minimum absolute atomic E-state index is 0.582. The number of nitrogens with two attached hydrogens (primary N) is 1. The van der Waals surface area contributed by atoms with Crippen molar-refractivity contribution in [3.63, 3.8) is 0 Å². The molecule has 5 N–H and O–H groups in total. The van der Waals surface area contributed by atoms with Gasteiger partial charge in [-0.15, -0.1) is 0 Å². The van der Waals surface area contributed by atoms with Crippen LogP contribution in [0.25, 0.3) is 0 Å². The van der Waals surface area contributed by atoms with Crippen molar-refractivity contribution in [2.24, 2.45) is 5.73 Å². The van der Waals surface area contributed by atoms with E-state index >= 15 is 0 Å². The second-order valence-electron chi connectivity index (χ2n) is 2.67. The van der Waals surface area contributed by atoms with Crippen LogP contribution in [0.2, 0.25) is 0 Å². The van der Waals surface area contributed by atoms with Gasteiger partial charge in [-0.3, -0.25) is 4.79 Å². The minimum atomic E-state index is -1.28. The SMILES string of the molecule is N[C@@H]1C(=O)O[C@H]([C@H](O)CO)[C@@H]1O. The molecule has 0 bridgehead atoms. The van der Waals surface area contributed by atoms with E-state index < -0.39 is 36.9 Å². The smallest absolute Gasteiger partial charge is 0.326 e. The second-order valence-corrected chi connectivity index (χ2v) is 2.67. The number of esters is 1. The molecule has 1 heterocycles. The molecule has 0 amide bonds. The van der Waals surface area contributed by atoms with E-state index in [4.69, 9.17) is 15.9 Å². The molecular weight excluding hydrogens is 166 g/mol. The van der Waals surface area contributed by atoms with Crippen molar-refractivity contribution in [3.05, 3.63) is 0 Å². The lowest BCUT2D eigenvalue weighted by Crippen LogP contribution is -2.43. The van der Waals surface area contributed by atoms with Crippen LogP contribution in [0.4, 0.5) is 0 Å². The maximum atomic E-state index is 10.7. The molecule has 1 rings (SSSR count). The Morgan fingerprint density at radius 1 is 1.67 bits per heavy atom. The predicted molar refractivity (Wildman–Crippen MR) is 37.0 cm³/mol. The van der Waals surface area contributed by atoms with Gasteiger partial charge < -0.3 is 25.8 Å². The number of aliphatic hydroxyl groups excluding tert-OH is 3. The molecule has 0 aromatic rings. The van der Waals surface area contributed by atoms with E-state index in [2.05, 4.69) is 4.74 Å². The molecule has 70 valence electrons. The zero-order valence-electron chi connectivity index (χ0n) is 6.25. The normalized spacial score (nSPS) is 38.0. The van der Waals surface area contributed by atoms with Crippen LogP contribution >= 0.6 is 0 Å². The zero-order valence-corrected chi connectivity index (χ0v) is 6.25. The monoisotopic (exact) mass is 177 g/mol. The number of hydrogen-bond acceptors (Lipinski definition) is 6. The van der Waals surface area contributed by atoms with Gasteiger partial charge in [0, 0.05) is 0 Å². The Hall–Kier alpha value is -0.690. The fraction of sp³-hybridized carbons (Fsp3) is 0.833. The Kier molecular flexibility index (Phi) is 2.63. The van der Waals surface area contributed by atoms with Crippen molar-refractivity contribution in [1.82, 2.24) is 0 Å². The highest BCUT2D eigenvalue weighted by molar-refractivity contribution is 5.78. The highest BCUT2D eigenvalue weighted by atomic mass is 16.6. The number of carbonyl (C=O) groups excluding carboxylic acids is 1. The van der Waals surface area contributed by atoms with E-state index in [1.165, 1.54) is 0 Å². The maximum absolute atomic E-state index is 10.7. The summed E-state index contributed by atoms with van der Waals surface area (Å²) < 4.78 is 4.51. The van der Waals surface area contributed by atoms with Gasteiger partial charge in [-0.05, 0) is 0 Å². The van der Waals surface area contributed by atoms with Crippen molar-refractivity contribution in [1.29, 1.82) is 0 Å². The first-order valence-electron chi connectivity index (χ1n) is 3.51. The minimum Gasteiger partial charge on any atom is -0.455 e. The van der Waals surface area contributed by atoms with Gasteiger partial charge in [0.05, 0.1) is 6.61 Å². The summed E-state index contributed by atoms with van der Waals surface area (Å²) in [6.45, 7) is -0.582. The summed E-state index contributed by atoms with van der Waals surface area (Å²) in [7, 11) is 0. The van der Waals surface area contributed by atoms with E-state index in [0.717, 1.165) is 0 Å². The van der Waals surface area contributed by atoms with Crippen LogP contribution in [0.3, 0.4) is 0 Å². The number of ether oxygens (including phenoxy) is 1. The molecule has 0 saturated carbocycles. The van der Waals surface area contributed by atoms with Gasteiger partial charge in [-0.2, -0.15) is 0 Å². The Morgan fingerprint density at radius 2 is 2.25 bits per heavy atom. The molecule has 1 fully saturated rings. The van der Waals surface area contributed by atoms with Gasteiger partial charge in [0.2, 0.25) is 0 Å². The van der Waals surface area contributed by atoms with Crippen LogP contribution < -0.4 is 5.73 Å². The topological polar surface area (TPSA) is 113 Å². The fourth-order valence-corrected chi connectivity index (χ4v) is 1.04. The van der Waals surface area contributed by atoms with E-state index in [1.807, 2.05) is 0 Å². The summed E-state index contributed by atoms with van der Waals surface area (Å²) in [4.78, 5) is 10.7. The Labute approximate surface area is 68.6 Å². The first kappa shape index (κ1) is 9.40. The quantitative estimate of drug-likeness (QED) is 0.333. The molecule has 0 aliphatic carbocycles. The Morgan fingerprint density at radius 3 is 2.58 bits per heavy atom. The van der Waals surface area contributed by atoms with Gasteiger partial charge in [-0.1, -0.05) is 0 Å². The van der Waals surface area contributed by atoms with Crippen molar-refractivity contribution in [2.75, 3.05) is 6.61 Å². The summed E-state index contributed by atoms with van der Waals surface area (Å²) in [5, 5.41) is 26.7. The van der Waals surface area contributed by atoms with Gasteiger partial charge in [0.15, 0.2) is 6.10 Å². The molecule has 4 atom stereocenters. The number of carbonyl (C=O) groups is 1. The molecule has 1 aliphatic rings. The van der Waals surface area contributed by atoms with Crippen LogP contribution in [-0.4, -0.2) is 52.2 Å². The van der Waals surface area contributed by atoms with Crippen LogP contribution in [-0.2, 0) is 9.53 Å². The van der Waals surface area contributed by atoms with Gasteiger partial charge >= 0.3 is 5.97 Å². The summed E-state index contributed by atoms with van der Waals surface area (Å²) in [5.74, 6) is -0.764. The fourth-order valence-electron chi connectivity index (χ4n) is 1.04. The molecule has 6 nitrogen and oxygen atoms in total. The number of rotatable bonds is 2. The van der Waals surface area contributed by atoms with Crippen LogP contribution in [0.1, 0.15) is 0 Å². The summed E-state index contributed by atoms with van der Waals surface area (Å²) in [6.07, 6.45) is -3.64. The largest absolute Gasteiger partial charge is 0.455 e. The van der Waals surface area contributed by atoms with Gasteiger partial charge in [0.1, 0.15) is 18.2 Å². The molecule has 0 aromatic heterocycles. The summed E-state index contributed by atoms with van der Waals surface area (Å²) >= 11 is 0. The molecule has 0 radical (unpaired) electrons. The highest BCUT2D eigenvalue weighted by Crippen LogP contribution is 2.17. The second kappa shape index (κ2) is 3.36. The molecule has 1 saturated heterocycles. The number of cyclic esters (lactones) is 1. The molecule has 0 aromatic carbocycles. The van der Waals surface area contributed by atoms with Crippen LogP contribution in [0.5, 0.6) is 0 Å². The summed E-state index contributed by atoms with van der Waals surface area (Å²) in [6, 6.07) is -1.13. The van der Waals surface area contributed by atoms with Crippen molar-refractivity contribution in [2.45, 2.75) is 24.4 Å². The first-order chi connectivity index (χ1) is 5.57. The van der Waals surface area contributed by atoms with Crippen LogP contribution in [0.15, 0.2) is 0 Å². The third-order valence-electron chi connectivity index (χ3n) is 1.80. The Bertz CT molecular complexity index is 185.